The summed E-state index contributed by atoms with van der Waals surface area (Å²) in [5, 5.41) is 0. The number of amides is 1. The maximum Gasteiger partial charge on any atom is 0.416 e. The summed E-state index contributed by atoms with van der Waals surface area (Å²) in [5.74, 6) is 1.56. The van der Waals surface area contributed by atoms with Gasteiger partial charge in [0, 0.05) is 50.3 Å². The van der Waals surface area contributed by atoms with Crippen LogP contribution >= 0.6 is 0 Å². The number of halogens is 3. The zero-order valence-electron chi connectivity index (χ0n) is 18.3. The standard InChI is InChI=1S/C23H29F3N4O/c1-4-5-9-21(31)29-10-12-30(13-11-29)22-20(16(2)27-17(3)28-22)15-18-7-6-8-19(14-18)23(24,25)26/h6-8,14H,4-5,9-13,15H2,1-3H3. The van der Waals surface area contributed by atoms with E-state index in [4.69, 9.17) is 0 Å². The number of carbonyl (C=O) groups is 1. The second kappa shape index (κ2) is 9.66. The summed E-state index contributed by atoms with van der Waals surface area (Å²) in [4.78, 5) is 25.4. The van der Waals surface area contributed by atoms with Crippen LogP contribution in [0.1, 0.15) is 54.4 Å². The SMILES string of the molecule is CCCCC(=O)N1CCN(c2nc(C)nc(C)c2Cc2cccc(C(F)(F)F)c2)CC1. The Bertz CT molecular complexity index is 922. The molecule has 0 unspecified atom stereocenters. The van der Waals surface area contributed by atoms with Gasteiger partial charge >= 0.3 is 6.18 Å². The third kappa shape index (κ3) is 5.74. The zero-order valence-corrected chi connectivity index (χ0v) is 18.3. The molecular formula is C23H29F3N4O. The number of anilines is 1. The molecule has 8 heteroatoms. The fourth-order valence-electron chi connectivity index (χ4n) is 3.90. The maximum absolute atomic E-state index is 13.1. The highest BCUT2D eigenvalue weighted by molar-refractivity contribution is 5.76. The molecule has 1 aliphatic rings. The summed E-state index contributed by atoms with van der Waals surface area (Å²) >= 11 is 0. The van der Waals surface area contributed by atoms with Gasteiger partial charge in [-0.25, -0.2) is 9.97 Å². The van der Waals surface area contributed by atoms with E-state index in [1.165, 1.54) is 12.1 Å². The van der Waals surface area contributed by atoms with Gasteiger partial charge in [-0.1, -0.05) is 31.5 Å². The first-order valence-electron chi connectivity index (χ1n) is 10.7. The third-order valence-electron chi connectivity index (χ3n) is 5.62. The van der Waals surface area contributed by atoms with Crippen molar-refractivity contribution in [1.29, 1.82) is 0 Å². The number of alkyl halides is 3. The van der Waals surface area contributed by atoms with E-state index in [2.05, 4.69) is 21.8 Å². The maximum atomic E-state index is 13.1. The normalized spacial score (nSPS) is 14.8. The molecule has 0 spiro atoms. The molecule has 0 atom stereocenters. The van der Waals surface area contributed by atoms with Crippen LogP contribution in [0.3, 0.4) is 0 Å². The molecule has 0 bridgehead atoms. The molecule has 0 radical (unpaired) electrons. The van der Waals surface area contributed by atoms with Gasteiger partial charge in [-0.3, -0.25) is 4.79 Å². The van der Waals surface area contributed by atoms with E-state index in [1.807, 2.05) is 18.7 Å². The lowest BCUT2D eigenvalue weighted by molar-refractivity contribution is -0.137. The van der Waals surface area contributed by atoms with Crippen LogP contribution in [0, 0.1) is 13.8 Å². The van der Waals surface area contributed by atoms with E-state index >= 15 is 0 Å². The molecule has 0 saturated carbocycles. The quantitative estimate of drug-likeness (QED) is 0.670. The van der Waals surface area contributed by atoms with Gasteiger partial charge in [0.2, 0.25) is 5.91 Å². The van der Waals surface area contributed by atoms with Crippen LogP contribution in [0.15, 0.2) is 24.3 Å². The molecule has 31 heavy (non-hydrogen) atoms. The van der Waals surface area contributed by atoms with Crippen molar-refractivity contribution in [3.8, 4) is 0 Å². The van der Waals surface area contributed by atoms with Gasteiger partial charge < -0.3 is 9.80 Å². The van der Waals surface area contributed by atoms with Gasteiger partial charge in [0.15, 0.2) is 0 Å². The van der Waals surface area contributed by atoms with Crippen LogP contribution in [0.4, 0.5) is 19.0 Å². The van der Waals surface area contributed by atoms with Gasteiger partial charge in [0.05, 0.1) is 5.56 Å². The van der Waals surface area contributed by atoms with Gasteiger partial charge in [-0.2, -0.15) is 13.2 Å². The largest absolute Gasteiger partial charge is 0.416 e. The van der Waals surface area contributed by atoms with Crippen molar-refractivity contribution in [3.05, 3.63) is 52.5 Å². The molecule has 3 rings (SSSR count). The highest BCUT2D eigenvalue weighted by atomic mass is 19.4. The Morgan fingerprint density at radius 2 is 1.81 bits per heavy atom. The van der Waals surface area contributed by atoms with Crippen LogP contribution in [0.5, 0.6) is 0 Å². The average Bonchev–Trinajstić information content (AvgIpc) is 2.73. The smallest absolute Gasteiger partial charge is 0.353 e. The highest BCUT2D eigenvalue weighted by Gasteiger charge is 2.30. The Morgan fingerprint density at radius 1 is 1.10 bits per heavy atom. The molecule has 1 saturated heterocycles. The molecule has 0 N–H and O–H groups in total. The molecule has 1 aromatic heterocycles. The van der Waals surface area contributed by atoms with Crippen molar-refractivity contribution < 1.29 is 18.0 Å². The number of unbranched alkanes of at least 4 members (excludes halogenated alkanes) is 1. The number of hydrogen-bond donors (Lipinski definition) is 0. The zero-order chi connectivity index (χ0) is 22.6. The minimum atomic E-state index is -4.38. The van der Waals surface area contributed by atoms with Crippen LogP contribution < -0.4 is 4.90 Å². The fourth-order valence-corrected chi connectivity index (χ4v) is 3.90. The predicted molar refractivity (Wildman–Crippen MR) is 114 cm³/mol. The Kier molecular flexibility index (Phi) is 7.18. The van der Waals surface area contributed by atoms with E-state index in [0.717, 1.165) is 36.0 Å². The van der Waals surface area contributed by atoms with Crippen molar-refractivity contribution in [1.82, 2.24) is 14.9 Å². The molecule has 1 fully saturated rings. The molecular weight excluding hydrogens is 405 g/mol. The van der Waals surface area contributed by atoms with Gasteiger partial charge in [-0.15, -0.1) is 0 Å². The van der Waals surface area contributed by atoms with Crippen molar-refractivity contribution >= 4 is 11.7 Å². The predicted octanol–water partition coefficient (Wildman–Crippen LogP) is 4.54. The lowest BCUT2D eigenvalue weighted by atomic mass is 10.0. The molecule has 2 heterocycles. The molecule has 1 aromatic carbocycles. The molecule has 1 aliphatic heterocycles. The lowest BCUT2D eigenvalue weighted by Gasteiger charge is -2.36. The number of piperazine rings is 1. The van der Waals surface area contributed by atoms with Gasteiger partial charge in [0.25, 0.3) is 0 Å². The molecule has 1 amide bonds. The number of aromatic nitrogens is 2. The Hall–Kier alpha value is -2.64. The Labute approximate surface area is 181 Å². The minimum absolute atomic E-state index is 0.181. The summed E-state index contributed by atoms with van der Waals surface area (Å²) in [5.41, 5.74) is 1.51. The van der Waals surface area contributed by atoms with E-state index in [-0.39, 0.29) is 5.91 Å². The first-order valence-corrected chi connectivity index (χ1v) is 10.7. The van der Waals surface area contributed by atoms with Crippen LogP contribution in [-0.4, -0.2) is 47.0 Å². The topological polar surface area (TPSA) is 49.3 Å². The second-order valence-corrected chi connectivity index (χ2v) is 8.00. The molecule has 5 nitrogen and oxygen atoms in total. The minimum Gasteiger partial charge on any atom is -0.353 e. The Balaban J connectivity index is 1.81. The third-order valence-corrected chi connectivity index (χ3v) is 5.62. The summed E-state index contributed by atoms with van der Waals surface area (Å²) in [6.07, 6.45) is -1.60. The average molecular weight is 435 g/mol. The monoisotopic (exact) mass is 434 g/mol. The van der Waals surface area contributed by atoms with Crippen LogP contribution in [0.25, 0.3) is 0 Å². The summed E-state index contributed by atoms with van der Waals surface area (Å²) in [7, 11) is 0. The van der Waals surface area contributed by atoms with Crippen LogP contribution in [0.2, 0.25) is 0 Å². The van der Waals surface area contributed by atoms with Gasteiger partial charge in [0.1, 0.15) is 11.6 Å². The summed E-state index contributed by atoms with van der Waals surface area (Å²) < 4.78 is 39.4. The first-order chi connectivity index (χ1) is 14.7. The van der Waals surface area contributed by atoms with Crippen molar-refractivity contribution in [2.24, 2.45) is 0 Å². The number of carbonyl (C=O) groups excluding carboxylic acids is 1. The lowest BCUT2D eigenvalue weighted by Crippen LogP contribution is -2.49. The number of aryl methyl sites for hydroxylation is 2. The Morgan fingerprint density at radius 3 is 2.45 bits per heavy atom. The summed E-state index contributed by atoms with van der Waals surface area (Å²) in [6, 6.07) is 5.40. The van der Waals surface area contributed by atoms with E-state index < -0.39 is 11.7 Å². The highest BCUT2D eigenvalue weighted by Crippen LogP contribution is 2.31. The summed E-state index contributed by atoms with van der Waals surface area (Å²) in [6.45, 7) is 8.27. The molecule has 2 aromatic rings. The van der Waals surface area contributed by atoms with Crippen molar-refractivity contribution in [3.63, 3.8) is 0 Å². The molecule has 168 valence electrons. The van der Waals surface area contributed by atoms with Crippen molar-refractivity contribution in [2.75, 3.05) is 31.1 Å². The number of hydrogen-bond acceptors (Lipinski definition) is 4. The fraction of sp³-hybridized carbons (Fsp3) is 0.522. The van der Waals surface area contributed by atoms with E-state index in [1.54, 1.807) is 6.07 Å². The number of rotatable bonds is 6. The number of benzene rings is 1. The van der Waals surface area contributed by atoms with E-state index in [9.17, 15) is 18.0 Å². The second-order valence-electron chi connectivity index (χ2n) is 8.00. The van der Waals surface area contributed by atoms with Crippen molar-refractivity contribution in [2.45, 2.75) is 52.6 Å². The van der Waals surface area contributed by atoms with E-state index in [0.29, 0.717) is 50.4 Å². The number of nitrogens with zero attached hydrogens (tertiary/aromatic N) is 4. The molecule has 0 aliphatic carbocycles. The first kappa shape index (κ1) is 23.0. The van der Waals surface area contributed by atoms with Crippen LogP contribution in [-0.2, 0) is 17.4 Å². The van der Waals surface area contributed by atoms with Gasteiger partial charge in [-0.05, 0) is 31.9 Å².